The van der Waals surface area contributed by atoms with Gasteiger partial charge in [0.15, 0.2) is 0 Å². The van der Waals surface area contributed by atoms with E-state index in [1.54, 1.807) is 24.3 Å². The molecule has 20 heavy (non-hydrogen) atoms. The molecule has 106 valence electrons. The molecule has 3 N–H and O–H groups in total. The minimum atomic E-state index is -3.40. The van der Waals surface area contributed by atoms with Gasteiger partial charge in [-0.05, 0) is 41.8 Å². The van der Waals surface area contributed by atoms with Gasteiger partial charge in [0.1, 0.15) is 0 Å². The molecular formula is C15H18N2O2S. The molecule has 0 aliphatic carbocycles. The van der Waals surface area contributed by atoms with E-state index in [4.69, 9.17) is 5.73 Å². The molecule has 0 bridgehead atoms. The van der Waals surface area contributed by atoms with Gasteiger partial charge in [-0.15, -0.1) is 0 Å². The Kier molecular flexibility index (Phi) is 4.42. The predicted molar refractivity (Wildman–Crippen MR) is 81.8 cm³/mol. The van der Waals surface area contributed by atoms with Crippen LogP contribution in [-0.2, 0) is 10.0 Å². The number of anilines is 1. The number of benzene rings is 2. The van der Waals surface area contributed by atoms with Gasteiger partial charge in [0.05, 0.1) is 4.90 Å². The third kappa shape index (κ3) is 3.37. The minimum Gasteiger partial charge on any atom is -0.399 e. The van der Waals surface area contributed by atoms with Crippen molar-refractivity contribution in [1.29, 1.82) is 0 Å². The standard InChI is InChI=1S/C15H18N2O2S/c1-2-11-17-20(18,19)15-9-5-13(6-10-15)12-3-7-14(16)8-4-12/h3-10,17H,2,11,16H2,1H3. The number of hydrogen-bond acceptors (Lipinski definition) is 3. The normalized spacial score (nSPS) is 11.4. The van der Waals surface area contributed by atoms with E-state index in [2.05, 4.69) is 4.72 Å². The number of hydrogen-bond donors (Lipinski definition) is 2. The monoisotopic (exact) mass is 290 g/mol. The lowest BCUT2D eigenvalue weighted by Gasteiger charge is -2.07. The van der Waals surface area contributed by atoms with Gasteiger partial charge in [0.25, 0.3) is 0 Å². The average molecular weight is 290 g/mol. The van der Waals surface area contributed by atoms with Crippen molar-refractivity contribution in [1.82, 2.24) is 4.72 Å². The molecule has 2 aromatic rings. The molecule has 0 radical (unpaired) electrons. The fraction of sp³-hybridized carbons (Fsp3) is 0.200. The first-order chi connectivity index (χ1) is 9.53. The van der Waals surface area contributed by atoms with Crippen LogP contribution in [0.3, 0.4) is 0 Å². The van der Waals surface area contributed by atoms with Crippen molar-refractivity contribution in [2.45, 2.75) is 18.2 Å². The Morgan fingerprint density at radius 3 is 1.95 bits per heavy atom. The zero-order valence-corrected chi connectivity index (χ0v) is 12.2. The van der Waals surface area contributed by atoms with E-state index in [9.17, 15) is 8.42 Å². The van der Waals surface area contributed by atoms with Crippen molar-refractivity contribution in [3.05, 3.63) is 48.5 Å². The highest BCUT2D eigenvalue weighted by Gasteiger charge is 2.12. The van der Waals surface area contributed by atoms with E-state index in [-0.39, 0.29) is 4.90 Å². The van der Waals surface area contributed by atoms with E-state index in [0.717, 1.165) is 17.5 Å². The molecule has 2 rings (SSSR count). The lowest BCUT2D eigenvalue weighted by atomic mass is 10.1. The highest BCUT2D eigenvalue weighted by atomic mass is 32.2. The van der Waals surface area contributed by atoms with Crippen LogP contribution in [0.15, 0.2) is 53.4 Å². The molecule has 5 heteroatoms. The fourth-order valence-corrected chi connectivity index (χ4v) is 2.96. The quantitative estimate of drug-likeness (QED) is 0.831. The second-order valence-electron chi connectivity index (χ2n) is 4.54. The van der Waals surface area contributed by atoms with Crippen molar-refractivity contribution >= 4 is 15.7 Å². The molecule has 0 aliphatic heterocycles. The Morgan fingerprint density at radius 2 is 1.45 bits per heavy atom. The summed E-state index contributed by atoms with van der Waals surface area (Å²) in [7, 11) is -3.40. The molecular weight excluding hydrogens is 272 g/mol. The Bertz CT molecular complexity index is 662. The lowest BCUT2D eigenvalue weighted by Crippen LogP contribution is -2.24. The maximum Gasteiger partial charge on any atom is 0.240 e. The molecule has 0 unspecified atom stereocenters. The van der Waals surface area contributed by atoms with Crippen molar-refractivity contribution in [3.8, 4) is 11.1 Å². The van der Waals surface area contributed by atoms with Gasteiger partial charge in [0, 0.05) is 12.2 Å². The van der Waals surface area contributed by atoms with Gasteiger partial charge >= 0.3 is 0 Å². The summed E-state index contributed by atoms with van der Waals surface area (Å²) >= 11 is 0. The van der Waals surface area contributed by atoms with E-state index >= 15 is 0 Å². The lowest BCUT2D eigenvalue weighted by molar-refractivity contribution is 0.581. The summed E-state index contributed by atoms with van der Waals surface area (Å²) in [5.41, 5.74) is 8.31. The Labute approximate surface area is 119 Å². The van der Waals surface area contributed by atoms with Crippen LogP contribution in [0.2, 0.25) is 0 Å². The Balaban J connectivity index is 2.24. The summed E-state index contributed by atoms with van der Waals surface area (Å²) in [6, 6.07) is 14.3. The fourth-order valence-electron chi connectivity index (χ4n) is 1.82. The SMILES string of the molecule is CCCNS(=O)(=O)c1ccc(-c2ccc(N)cc2)cc1. The molecule has 0 atom stereocenters. The number of sulfonamides is 1. The molecule has 0 heterocycles. The Morgan fingerprint density at radius 1 is 0.950 bits per heavy atom. The maximum atomic E-state index is 12.0. The molecule has 0 saturated heterocycles. The second kappa shape index (κ2) is 6.07. The van der Waals surface area contributed by atoms with Crippen molar-refractivity contribution in [2.75, 3.05) is 12.3 Å². The Hall–Kier alpha value is -1.85. The van der Waals surface area contributed by atoms with Gasteiger partial charge in [-0.25, -0.2) is 13.1 Å². The van der Waals surface area contributed by atoms with Gasteiger partial charge in [-0.1, -0.05) is 31.2 Å². The third-order valence-corrected chi connectivity index (χ3v) is 4.43. The molecule has 4 nitrogen and oxygen atoms in total. The number of rotatable bonds is 5. The second-order valence-corrected chi connectivity index (χ2v) is 6.31. The van der Waals surface area contributed by atoms with Crippen molar-refractivity contribution < 1.29 is 8.42 Å². The van der Waals surface area contributed by atoms with E-state index in [1.165, 1.54) is 0 Å². The van der Waals surface area contributed by atoms with E-state index in [0.29, 0.717) is 12.2 Å². The molecule has 2 aromatic carbocycles. The van der Waals surface area contributed by atoms with Crippen LogP contribution >= 0.6 is 0 Å². The van der Waals surface area contributed by atoms with Gasteiger partial charge in [0.2, 0.25) is 10.0 Å². The summed E-state index contributed by atoms with van der Waals surface area (Å²) in [5, 5.41) is 0. The summed E-state index contributed by atoms with van der Waals surface area (Å²) in [6.45, 7) is 2.37. The van der Waals surface area contributed by atoms with E-state index in [1.807, 2.05) is 31.2 Å². The highest BCUT2D eigenvalue weighted by Crippen LogP contribution is 2.22. The molecule has 0 aliphatic rings. The topological polar surface area (TPSA) is 72.2 Å². The van der Waals surface area contributed by atoms with Crippen LogP contribution in [0, 0.1) is 0 Å². The minimum absolute atomic E-state index is 0.283. The molecule has 0 spiro atoms. The van der Waals surface area contributed by atoms with Crippen LogP contribution in [0.25, 0.3) is 11.1 Å². The van der Waals surface area contributed by atoms with Crippen LogP contribution in [0.5, 0.6) is 0 Å². The van der Waals surface area contributed by atoms with Crippen LogP contribution in [-0.4, -0.2) is 15.0 Å². The first-order valence-corrected chi connectivity index (χ1v) is 7.97. The van der Waals surface area contributed by atoms with Gasteiger partial charge in [-0.2, -0.15) is 0 Å². The third-order valence-electron chi connectivity index (χ3n) is 2.95. The summed E-state index contributed by atoms with van der Waals surface area (Å²) in [4.78, 5) is 0.283. The predicted octanol–water partition coefficient (Wildman–Crippen LogP) is 2.62. The summed E-state index contributed by atoms with van der Waals surface area (Å²) in [6.07, 6.45) is 0.767. The van der Waals surface area contributed by atoms with Crippen LogP contribution in [0.4, 0.5) is 5.69 Å². The number of nitrogen functional groups attached to an aromatic ring is 1. The first kappa shape index (κ1) is 14.6. The number of nitrogens with two attached hydrogens (primary N) is 1. The zero-order valence-electron chi connectivity index (χ0n) is 11.3. The molecule has 0 aromatic heterocycles. The summed E-state index contributed by atoms with van der Waals surface area (Å²) in [5.74, 6) is 0. The molecule has 0 saturated carbocycles. The largest absolute Gasteiger partial charge is 0.399 e. The maximum absolute atomic E-state index is 12.0. The first-order valence-electron chi connectivity index (χ1n) is 6.48. The molecule has 0 amide bonds. The van der Waals surface area contributed by atoms with Crippen molar-refractivity contribution in [3.63, 3.8) is 0 Å². The average Bonchev–Trinajstić information content (AvgIpc) is 2.46. The zero-order chi connectivity index (χ0) is 14.6. The van der Waals surface area contributed by atoms with Gasteiger partial charge in [-0.3, -0.25) is 0 Å². The number of nitrogens with one attached hydrogen (secondary N) is 1. The smallest absolute Gasteiger partial charge is 0.240 e. The van der Waals surface area contributed by atoms with E-state index < -0.39 is 10.0 Å². The highest BCUT2D eigenvalue weighted by molar-refractivity contribution is 7.89. The molecule has 0 fully saturated rings. The van der Waals surface area contributed by atoms with Crippen LogP contribution < -0.4 is 10.5 Å². The summed E-state index contributed by atoms with van der Waals surface area (Å²) < 4.78 is 26.5. The van der Waals surface area contributed by atoms with Crippen LogP contribution in [0.1, 0.15) is 13.3 Å². The van der Waals surface area contributed by atoms with Crippen molar-refractivity contribution in [2.24, 2.45) is 0 Å². The van der Waals surface area contributed by atoms with Gasteiger partial charge < -0.3 is 5.73 Å².